The molecule has 0 N–H and O–H groups in total. The van der Waals surface area contributed by atoms with Crippen molar-refractivity contribution in [2.24, 2.45) is 0 Å². The van der Waals surface area contributed by atoms with Crippen LogP contribution >= 0.6 is 22.7 Å². The van der Waals surface area contributed by atoms with E-state index in [1.54, 1.807) is 6.08 Å². The zero-order valence-electron chi connectivity index (χ0n) is 37.5. The maximum atomic E-state index is 3.81. The zero-order valence-corrected chi connectivity index (χ0v) is 39.1. The van der Waals surface area contributed by atoms with E-state index in [9.17, 15) is 0 Å². The number of nitrogens with zero attached hydrogens (tertiary/aromatic N) is 1. The average Bonchev–Trinajstić information content (AvgIpc) is 4.12. The minimum Gasteiger partial charge on any atom is -0.338 e. The van der Waals surface area contributed by atoms with Crippen LogP contribution in [0.5, 0.6) is 0 Å². The van der Waals surface area contributed by atoms with Gasteiger partial charge in [0.2, 0.25) is 0 Å². The summed E-state index contributed by atoms with van der Waals surface area (Å²) in [5, 5.41) is 4.93. The highest BCUT2D eigenvalue weighted by atomic mass is 32.1. The Kier molecular flexibility index (Phi) is 12.1. The van der Waals surface area contributed by atoms with Crippen LogP contribution in [-0.2, 0) is 0 Å². The van der Waals surface area contributed by atoms with Crippen LogP contribution in [0.15, 0.2) is 267 Å². The van der Waals surface area contributed by atoms with Crippen molar-refractivity contribution in [2.75, 3.05) is 11.4 Å². The molecule has 0 aliphatic rings. The van der Waals surface area contributed by atoms with Crippen molar-refractivity contribution in [3.8, 4) is 75.1 Å². The lowest BCUT2D eigenvalue weighted by Gasteiger charge is -2.24. The van der Waals surface area contributed by atoms with E-state index >= 15 is 0 Å². The molecule has 11 rings (SSSR count). The highest BCUT2D eigenvalue weighted by Gasteiger charge is 2.20. The van der Waals surface area contributed by atoms with Crippen molar-refractivity contribution in [1.29, 1.82) is 0 Å². The van der Waals surface area contributed by atoms with Crippen molar-refractivity contribution in [3.63, 3.8) is 0 Å². The van der Waals surface area contributed by atoms with Crippen molar-refractivity contribution in [2.45, 2.75) is 0 Å². The summed E-state index contributed by atoms with van der Waals surface area (Å²) in [7, 11) is 0. The third-order valence-corrected chi connectivity index (χ3v) is 15.0. The number of anilines is 2. The predicted molar refractivity (Wildman–Crippen MR) is 297 cm³/mol. The van der Waals surface area contributed by atoms with E-state index in [-0.39, 0.29) is 0 Å². The van der Waals surface area contributed by atoms with Crippen LogP contribution in [-0.4, -0.2) is 6.54 Å². The number of para-hydroxylation sites is 1. The van der Waals surface area contributed by atoms with Gasteiger partial charge in [-0.05, 0) is 144 Å². The molecule has 0 spiro atoms. The van der Waals surface area contributed by atoms with Crippen LogP contribution in [0.25, 0.3) is 96.7 Å². The van der Waals surface area contributed by atoms with Gasteiger partial charge in [0, 0.05) is 37.4 Å². The van der Waals surface area contributed by atoms with Crippen molar-refractivity contribution >= 4 is 55.6 Å². The first-order chi connectivity index (χ1) is 33.7. The lowest BCUT2D eigenvalue weighted by atomic mass is 9.84. The van der Waals surface area contributed by atoms with Gasteiger partial charge in [-0.2, -0.15) is 0 Å². The summed E-state index contributed by atoms with van der Waals surface area (Å²) >= 11 is 3.69. The highest BCUT2D eigenvalue weighted by Crippen LogP contribution is 2.47. The van der Waals surface area contributed by atoms with E-state index in [4.69, 9.17) is 0 Å². The molecule has 0 aliphatic heterocycles. The number of hydrogen-bond donors (Lipinski definition) is 0. The van der Waals surface area contributed by atoms with Gasteiger partial charge in [-0.15, -0.1) is 22.7 Å². The molecule has 0 aliphatic carbocycles. The summed E-state index contributed by atoms with van der Waals surface area (Å²) in [6.45, 7) is 4.54. The molecule has 0 unspecified atom stereocenters. The van der Waals surface area contributed by atoms with Gasteiger partial charge < -0.3 is 4.90 Å². The fourth-order valence-corrected chi connectivity index (χ4v) is 11.3. The maximum Gasteiger partial charge on any atom is 0.0415 e. The average molecular weight is 906 g/mol. The Morgan fingerprint density at radius 2 is 0.765 bits per heavy atom. The molecular formula is C65H47NS2. The molecule has 3 heteroatoms. The maximum absolute atomic E-state index is 3.81. The molecule has 0 saturated heterocycles. The SMILES string of the molecule is C=C/C=C\C=C/CN(c1ccccc1)c1ccc(-c2ccc3c(-c4cccc(-c5ccc(-c6ccccc6)s5)c4)c4ccccc4c(-c4cccc(-c5ccc(-c6ccccc6)s5)c4)c3c2)cc1. The normalized spacial score (nSPS) is 11.5. The van der Waals surface area contributed by atoms with E-state index in [1.165, 1.54) is 96.7 Å². The molecule has 0 fully saturated rings. The first-order valence-electron chi connectivity index (χ1n) is 23.1. The molecule has 324 valence electrons. The zero-order chi connectivity index (χ0) is 45.7. The quantitative estimate of drug-likeness (QED) is 0.0823. The Balaban J connectivity index is 1.06. The fraction of sp³-hybridized carbons (Fsp3) is 0.0154. The van der Waals surface area contributed by atoms with Gasteiger partial charge in [-0.25, -0.2) is 0 Å². The first kappa shape index (κ1) is 42.5. The lowest BCUT2D eigenvalue weighted by molar-refractivity contribution is 1.10. The van der Waals surface area contributed by atoms with E-state index in [2.05, 4.69) is 254 Å². The molecule has 0 radical (unpaired) electrons. The van der Waals surface area contributed by atoms with Gasteiger partial charge in [-0.1, -0.05) is 201 Å². The molecule has 1 nitrogen and oxygen atoms in total. The summed E-state index contributed by atoms with van der Waals surface area (Å²) in [6.07, 6.45) is 10.0. The smallest absolute Gasteiger partial charge is 0.0415 e. The fourth-order valence-electron chi connectivity index (χ4n) is 9.33. The summed E-state index contributed by atoms with van der Waals surface area (Å²) in [6, 6.07) is 84.5. The molecule has 0 atom stereocenters. The van der Waals surface area contributed by atoms with Crippen LogP contribution in [0.3, 0.4) is 0 Å². The van der Waals surface area contributed by atoms with E-state index in [1.807, 2.05) is 34.8 Å². The van der Waals surface area contributed by atoms with Crippen LogP contribution in [0.1, 0.15) is 0 Å². The largest absolute Gasteiger partial charge is 0.338 e. The minimum absolute atomic E-state index is 0.736. The van der Waals surface area contributed by atoms with Crippen molar-refractivity contribution in [3.05, 3.63) is 267 Å². The van der Waals surface area contributed by atoms with Crippen LogP contribution in [0, 0.1) is 0 Å². The van der Waals surface area contributed by atoms with E-state index in [0.717, 1.165) is 17.9 Å². The van der Waals surface area contributed by atoms with Crippen LogP contribution < -0.4 is 4.90 Å². The Morgan fingerprint density at radius 3 is 1.32 bits per heavy atom. The monoisotopic (exact) mass is 905 g/mol. The Labute approximate surface area is 407 Å². The lowest BCUT2D eigenvalue weighted by Crippen LogP contribution is -2.16. The number of rotatable bonds is 13. The summed E-state index contributed by atoms with van der Waals surface area (Å²) in [4.78, 5) is 7.40. The van der Waals surface area contributed by atoms with Crippen molar-refractivity contribution in [1.82, 2.24) is 0 Å². The van der Waals surface area contributed by atoms with Gasteiger partial charge >= 0.3 is 0 Å². The number of thiophene rings is 2. The van der Waals surface area contributed by atoms with Gasteiger partial charge in [0.05, 0.1) is 0 Å². The van der Waals surface area contributed by atoms with Gasteiger partial charge in [0.15, 0.2) is 0 Å². The number of hydrogen-bond acceptors (Lipinski definition) is 3. The second-order valence-corrected chi connectivity index (χ2v) is 19.0. The summed E-state index contributed by atoms with van der Waals surface area (Å²) in [5.41, 5.74) is 14.5. The molecular weight excluding hydrogens is 859 g/mol. The minimum atomic E-state index is 0.736. The molecule has 0 bridgehead atoms. The Hall–Kier alpha value is -8.08. The summed E-state index contributed by atoms with van der Waals surface area (Å²) in [5.74, 6) is 0. The van der Waals surface area contributed by atoms with Gasteiger partial charge in [-0.3, -0.25) is 0 Å². The van der Waals surface area contributed by atoms with Crippen molar-refractivity contribution < 1.29 is 0 Å². The van der Waals surface area contributed by atoms with Crippen LogP contribution in [0.2, 0.25) is 0 Å². The predicted octanol–water partition coefficient (Wildman–Crippen LogP) is 19.2. The van der Waals surface area contributed by atoms with Gasteiger partial charge in [0.1, 0.15) is 0 Å². The molecule has 2 heterocycles. The van der Waals surface area contributed by atoms with Crippen LogP contribution in [0.4, 0.5) is 11.4 Å². The Morgan fingerprint density at radius 1 is 0.324 bits per heavy atom. The molecule has 9 aromatic carbocycles. The second-order valence-electron chi connectivity index (χ2n) is 16.8. The second kappa shape index (κ2) is 19.4. The first-order valence-corrected chi connectivity index (χ1v) is 24.7. The molecule has 11 aromatic rings. The molecule has 2 aromatic heterocycles. The van der Waals surface area contributed by atoms with Gasteiger partial charge in [0.25, 0.3) is 0 Å². The number of allylic oxidation sites excluding steroid dienone is 4. The third kappa shape index (κ3) is 8.69. The highest BCUT2D eigenvalue weighted by molar-refractivity contribution is 7.19. The summed E-state index contributed by atoms with van der Waals surface area (Å²) < 4.78 is 0. The molecule has 0 amide bonds. The van der Waals surface area contributed by atoms with E-state index < -0.39 is 0 Å². The standard InChI is InChI=1S/C65H47NS2/c1-2-3-4-5-17-42-66(54-28-13-8-14-29-54)55-35-32-46(33-36-55)49-34-37-58-59(45-49)65(53-27-19-25-51(44-53)63-41-39-61(68-63)48-22-11-7-12-23-48)57-31-16-15-30-56(57)64(58)52-26-18-24-50(43-52)62-40-38-60(67-62)47-20-9-6-10-21-47/h2-41,43-45H,1,42H2/b4-3-,17-5-. The molecule has 0 saturated carbocycles. The topological polar surface area (TPSA) is 3.24 Å². The third-order valence-electron chi connectivity index (χ3n) is 12.6. The van der Waals surface area contributed by atoms with E-state index in [0.29, 0.717) is 0 Å². The number of fused-ring (bicyclic) bond motifs is 2. The Bertz CT molecular complexity index is 3600. The molecule has 68 heavy (non-hydrogen) atoms. The number of benzene rings is 9.